The van der Waals surface area contributed by atoms with E-state index in [2.05, 4.69) is 0 Å². The highest BCUT2D eigenvalue weighted by Crippen LogP contribution is 2.43. The summed E-state index contributed by atoms with van der Waals surface area (Å²) in [7, 11) is -16.7. The molecule has 270 valence electrons. The zero-order valence-electron chi connectivity index (χ0n) is 27.6. The maximum absolute atomic E-state index is 17.0. The summed E-state index contributed by atoms with van der Waals surface area (Å²) in [5.74, 6) is -11.3. The lowest BCUT2D eigenvalue weighted by atomic mass is 10.1. The van der Waals surface area contributed by atoms with Crippen LogP contribution in [0.2, 0.25) is 0 Å². The highest BCUT2D eigenvalue weighted by atomic mass is 32.2. The van der Waals surface area contributed by atoms with Gasteiger partial charge in [0.25, 0.3) is 0 Å². The van der Waals surface area contributed by atoms with Crippen molar-refractivity contribution in [1.29, 1.82) is 0 Å². The number of hydrogen-bond donors (Lipinski definition) is 1. The van der Waals surface area contributed by atoms with Crippen molar-refractivity contribution in [2.24, 2.45) is 0 Å². The van der Waals surface area contributed by atoms with Gasteiger partial charge in [-0.2, -0.15) is 8.42 Å². The van der Waals surface area contributed by atoms with Crippen LogP contribution in [0.1, 0.15) is 143 Å². The Bertz CT molecular complexity index is 1120. The van der Waals surface area contributed by atoms with E-state index in [0.717, 1.165) is 64.7 Å². The van der Waals surface area contributed by atoms with Crippen LogP contribution in [0.3, 0.4) is 0 Å². The summed E-state index contributed by atoms with van der Waals surface area (Å²) in [6.07, 6.45) is 9.15. The predicted octanol–water partition coefficient (Wildman–Crippen LogP) is 6.89. The number of aliphatic carboxylic acids is 1. The first-order valence-electron chi connectivity index (χ1n) is 16.4. The third-order valence-electron chi connectivity index (χ3n) is 7.85. The fourth-order valence-electron chi connectivity index (χ4n) is 5.09. The fraction of sp³-hybridized carbons (Fsp3) is 0.964. The lowest BCUT2D eigenvalue weighted by Gasteiger charge is -2.41. The summed E-state index contributed by atoms with van der Waals surface area (Å²) in [6, 6.07) is 0. The van der Waals surface area contributed by atoms with Gasteiger partial charge in [-0.3, -0.25) is 0 Å². The van der Waals surface area contributed by atoms with Gasteiger partial charge in [0.15, 0.2) is 0 Å². The van der Waals surface area contributed by atoms with Crippen molar-refractivity contribution in [3.05, 3.63) is 0 Å². The van der Waals surface area contributed by atoms with Gasteiger partial charge < -0.3 is 5.11 Å². The first-order chi connectivity index (χ1) is 21.0. The molecular formula is C28H57F3N3O8S3+. The van der Waals surface area contributed by atoms with Crippen molar-refractivity contribution < 1.29 is 52.7 Å². The molecule has 0 aromatic heterocycles. The molecular weight excluding hydrogens is 660 g/mol. The second kappa shape index (κ2) is 21.1. The van der Waals surface area contributed by atoms with Gasteiger partial charge >= 0.3 is 21.8 Å². The van der Waals surface area contributed by atoms with E-state index in [-0.39, 0.29) is 38.5 Å². The number of hydrogen-bond acceptors (Lipinski definition) is 7. The number of nitrogens with zero attached hydrogens (tertiary/aromatic N) is 3. The zero-order chi connectivity index (χ0) is 34.8. The smallest absolute Gasteiger partial charge is 0.444 e. The van der Waals surface area contributed by atoms with Crippen LogP contribution in [-0.4, -0.2) is 79.1 Å². The molecule has 1 unspecified atom stereocenters. The van der Waals surface area contributed by atoms with Crippen LogP contribution in [0.25, 0.3) is 0 Å². The molecule has 0 aliphatic rings. The number of carbonyl (C=O) groups is 1. The summed E-state index contributed by atoms with van der Waals surface area (Å²) >= 11 is 0. The van der Waals surface area contributed by atoms with Gasteiger partial charge in [-0.1, -0.05) is 117 Å². The minimum Gasteiger partial charge on any atom is -0.474 e. The number of unbranched alkanes of at least 4 members (excludes halogenated alkanes) is 15. The van der Waals surface area contributed by atoms with E-state index in [1.807, 2.05) is 20.8 Å². The first-order valence-corrected chi connectivity index (χ1v) is 21.2. The van der Waals surface area contributed by atoms with E-state index in [0.29, 0.717) is 19.3 Å². The Hall–Kier alpha value is -1.01. The lowest BCUT2D eigenvalue weighted by molar-refractivity contribution is -1.01. The number of carboxylic acids is 1. The Kier molecular flexibility index (Phi) is 20.6. The second-order valence-electron chi connectivity index (χ2n) is 11.6. The Balaban J connectivity index is 6.79. The Morgan fingerprint density at radius 3 is 1.16 bits per heavy atom. The number of halogens is 3. The van der Waals surface area contributed by atoms with Gasteiger partial charge in [-0.25, -0.2) is 21.6 Å². The molecule has 0 saturated carbocycles. The van der Waals surface area contributed by atoms with E-state index in [1.54, 1.807) is 0 Å². The number of quaternary nitrogens is 1. The van der Waals surface area contributed by atoms with Crippen LogP contribution in [0.15, 0.2) is 0 Å². The number of rotatable bonds is 29. The molecule has 0 aromatic rings. The van der Waals surface area contributed by atoms with Gasteiger partial charge in [0.1, 0.15) is 12.3 Å². The average molecular weight is 717 g/mol. The van der Waals surface area contributed by atoms with E-state index in [4.69, 9.17) is 0 Å². The first kappa shape index (κ1) is 44.0. The summed E-state index contributed by atoms with van der Waals surface area (Å²) in [4.78, 5) is 12.8. The average Bonchev–Trinajstić information content (AvgIpc) is 2.98. The van der Waals surface area contributed by atoms with Gasteiger partial charge in [0.2, 0.25) is 20.0 Å². The summed E-state index contributed by atoms with van der Waals surface area (Å²) in [5.41, 5.74) is 0. The van der Waals surface area contributed by atoms with E-state index in [9.17, 15) is 35.2 Å². The number of carboxylic acid groups (broad SMARTS) is 1. The number of sulfonamides is 3. The second-order valence-corrected chi connectivity index (χ2v) is 17.5. The molecule has 1 N–H and O–H groups in total. The van der Waals surface area contributed by atoms with E-state index in [1.165, 1.54) is 0 Å². The SMILES string of the molecule is CCCCCCCCS(=O)(=O)N(F)C(C(=O)O)(N(F)S(=O)(=O)CCCCCCCC)[N+](F)(CC)S(=O)(=O)CCCCCCCC. The minimum atomic E-state index is -5.57. The van der Waals surface area contributed by atoms with Crippen LogP contribution in [0.5, 0.6) is 0 Å². The molecule has 0 radical (unpaired) electrons. The van der Waals surface area contributed by atoms with E-state index >= 15 is 13.4 Å². The predicted molar refractivity (Wildman–Crippen MR) is 170 cm³/mol. The molecule has 0 saturated heterocycles. The lowest BCUT2D eigenvalue weighted by Crippen LogP contribution is -2.79. The normalized spacial score (nSPS) is 14.7. The molecule has 11 nitrogen and oxygen atoms in total. The molecule has 45 heavy (non-hydrogen) atoms. The summed E-state index contributed by atoms with van der Waals surface area (Å²) in [6.45, 7) is 5.10. The molecule has 0 rings (SSSR count). The number of likely N-dealkylation sites (N-methyl/N-ethyl adjacent to an activating group) is 1. The molecule has 0 bridgehead atoms. The molecule has 0 heterocycles. The van der Waals surface area contributed by atoms with Gasteiger partial charge in [0, 0.05) is 8.59 Å². The third kappa shape index (κ3) is 12.2. The molecule has 0 aliphatic heterocycles. The topological polar surface area (TPSA) is 146 Å². The monoisotopic (exact) mass is 716 g/mol. The Labute approximate surface area is 270 Å². The van der Waals surface area contributed by atoms with Crippen LogP contribution < -0.4 is 0 Å². The summed E-state index contributed by atoms with van der Waals surface area (Å²) < 4.78 is 122. The zero-order valence-corrected chi connectivity index (χ0v) is 30.0. The van der Waals surface area contributed by atoms with Gasteiger partial charge in [-0.05, 0) is 26.2 Å². The van der Waals surface area contributed by atoms with Gasteiger partial charge in [-0.15, -0.1) is 8.96 Å². The largest absolute Gasteiger partial charge is 0.474 e. The van der Waals surface area contributed by atoms with Crippen molar-refractivity contribution in [2.45, 2.75) is 149 Å². The Morgan fingerprint density at radius 2 is 0.867 bits per heavy atom. The fourth-order valence-corrected chi connectivity index (χ4v) is 9.90. The van der Waals surface area contributed by atoms with Crippen LogP contribution >= 0.6 is 0 Å². The van der Waals surface area contributed by atoms with Gasteiger partial charge in [0.05, 0.1) is 20.6 Å². The molecule has 17 heteroatoms. The standard InChI is InChI=1S/C28H56F3N3O8S3/c1-5-9-12-15-18-21-24-43(37,38)32(29)28(27(35)36,33(30)44(39,40)25-22-19-16-13-10-6-2)34(31,8-4)45(41,42)26-23-20-17-14-11-7-3/h5-26H2,1-4H3/p+1. The molecule has 0 amide bonds. The van der Waals surface area contributed by atoms with Crippen molar-refractivity contribution >= 4 is 36.0 Å². The maximum Gasteiger partial charge on any atom is 0.444 e. The quantitative estimate of drug-likeness (QED) is 0.0500. The van der Waals surface area contributed by atoms with Crippen LogP contribution in [0, 0.1) is 0 Å². The summed E-state index contributed by atoms with van der Waals surface area (Å²) in [5, 5.41) is 10.2. The highest BCUT2D eigenvalue weighted by molar-refractivity contribution is 7.90. The maximum atomic E-state index is 17.0. The van der Waals surface area contributed by atoms with Crippen LogP contribution in [-0.2, 0) is 34.9 Å². The minimum absolute atomic E-state index is 0.223. The molecule has 0 aliphatic carbocycles. The van der Waals surface area contributed by atoms with Crippen molar-refractivity contribution in [1.82, 2.24) is 9.05 Å². The van der Waals surface area contributed by atoms with Crippen molar-refractivity contribution in [3.63, 3.8) is 0 Å². The van der Waals surface area contributed by atoms with Crippen LogP contribution in [0.4, 0.5) is 13.4 Å². The molecule has 0 aromatic carbocycles. The third-order valence-corrected chi connectivity index (χ3v) is 13.1. The Morgan fingerprint density at radius 1 is 0.578 bits per heavy atom. The molecule has 0 fully saturated rings. The van der Waals surface area contributed by atoms with Crippen molar-refractivity contribution in [3.8, 4) is 0 Å². The molecule has 1 atom stereocenters. The van der Waals surface area contributed by atoms with Crippen molar-refractivity contribution in [2.75, 3.05) is 23.8 Å². The highest BCUT2D eigenvalue weighted by Gasteiger charge is 2.80. The van der Waals surface area contributed by atoms with E-state index < -0.39 is 78.8 Å². The molecule has 0 spiro atoms.